The zero-order chi connectivity index (χ0) is 22.9. The lowest BCUT2D eigenvalue weighted by Crippen LogP contribution is -2.30. The maximum absolute atomic E-state index is 12.7. The van der Waals surface area contributed by atoms with Gasteiger partial charge in [-0.1, -0.05) is 42.5 Å². The second-order valence-electron chi connectivity index (χ2n) is 7.86. The summed E-state index contributed by atoms with van der Waals surface area (Å²) in [7, 11) is 1.35. The summed E-state index contributed by atoms with van der Waals surface area (Å²) in [5.41, 5.74) is 4.96. The first-order chi connectivity index (χ1) is 16.1. The maximum atomic E-state index is 12.7. The smallest absolute Gasteiger partial charge is 0.337 e. The Balaban J connectivity index is 1.50. The predicted octanol–water partition coefficient (Wildman–Crippen LogP) is 4.48. The van der Waals surface area contributed by atoms with Crippen molar-refractivity contribution in [1.82, 2.24) is 4.90 Å². The Hall–Kier alpha value is -4.19. The van der Waals surface area contributed by atoms with E-state index in [4.69, 9.17) is 9.47 Å². The predicted molar refractivity (Wildman–Crippen MR) is 122 cm³/mol. The molecule has 0 spiro atoms. The lowest BCUT2D eigenvalue weighted by atomic mass is 9.92. The first-order valence-electron chi connectivity index (χ1n) is 10.7. The Morgan fingerprint density at radius 1 is 0.939 bits per heavy atom. The molecule has 0 unspecified atom stereocenters. The van der Waals surface area contributed by atoms with Crippen molar-refractivity contribution in [3.05, 3.63) is 106 Å². The molecule has 0 radical (unpaired) electrons. The quantitative estimate of drug-likeness (QED) is 0.443. The molecular weight excluding hydrogens is 418 g/mol. The van der Waals surface area contributed by atoms with Crippen LogP contribution in [0.2, 0.25) is 0 Å². The number of ether oxygens (including phenoxy) is 2. The molecule has 5 rings (SSSR count). The van der Waals surface area contributed by atoms with Gasteiger partial charge >= 0.3 is 5.97 Å². The fourth-order valence-corrected chi connectivity index (χ4v) is 4.32. The Kier molecular flexibility index (Phi) is 5.26. The van der Waals surface area contributed by atoms with E-state index in [1.807, 2.05) is 30.3 Å². The number of hydrogen-bond donors (Lipinski definition) is 0. The highest BCUT2D eigenvalue weighted by Gasteiger charge is 2.34. The Labute approximate surface area is 191 Å². The number of carbonyl (C=O) groups is 3. The molecule has 2 aliphatic heterocycles. The van der Waals surface area contributed by atoms with E-state index < -0.39 is 5.97 Å². The van der Waals surface area contributed by atoms with Gasteiger partial charge in [-0.05, 0) is 53.5 Å². The molecule has 2 heterocycles. The number of fused-ring (bicyclic) bond motifs is 3. The number of benzene rings is 3. The maximum Gasteiger partial charge on any atom is 0.337 e. The molecule has 6 nitrogen and oxygen atoms in total. The van der Waals surface area contributed by atoms with E-state index in [0.717, 1.165) is 22.3 Å². The molecule has 0 fully saturated rings. The van der Waals surface area contributed by atoms with Crippen LogP contribution in [0.4, 0.5) is 0 Å². The van der Waals surface area contributed by atoms with Crippen LogP contribution < -0.4 is 4.74 Å². The summed E-state index contributed by atoms with van der Waals surface area (Å²) in [5.74, 6) is -0.314. The van der Waals surface area contributed by atoms with Crippen LogP contribution >= 0.6 is 0 Å². The Morgan fingerprint density at radius 2 is 1.61 bits per heavy atom. The van der Waals surface area contributed by atoms with Crippen molar-refractivity contribution in [3.8, 4) is 5.75 Å². The molecule has 3 aromatic carbocycles. The van der Waals surface area contributed by atoms with Crippen LogP contribution in [0.5, 0.6) is 5.75 Å². The van der Waals surface area contributed by atoms with Gasteiger partial charge in [0.05, 0.1) is 23.8 Å². The van der Waals surface area contributed by atoms with E-state index in [9.17, 15) is 14.4 Å². The van der Waals surface area contributed by atoms with Gasteiger partial charge in [0.1, 0.15) is 12.4 Å². The van der Waals surface area contributed by atoms with Crippen LogP contribution in [0.25, 0.3) is 5.57 Å². The van der Waals surface area contributed by atoms with E-state index >= 15 is 0 Å². The van der Waals surface area contributed by atoms with Crippen molar-refractivity contribution in [2.45, 2.75) is 13.0 Å². The van der Waals surface area contributed by atoms with Gasteiger partial charge < -0.3 is 9.47 Å². The number of carbonyl (C=O) groups excluding carboxylic acids is 3. The largest absolute Gasteiger partial charge is 0.488 e. The van der Waals surface area contributed by atoms with Crippen LogP contribution in [0.15, 0.2) is 72.8 Å². The number of nitrogens with zero attached hydrogens (tertiary/aromatic N) is 1. The minimum absolute atomic E-state index is 0.255. The highest BCUT2D eigenvalue weighted by atomic mass is 16.5. The van der Waals surface area contributed by atoms with Gasteiger partial charge in [-0.25, -0.2) is 4.79 Å². The summed E-state index contributed by atoms with van der Waals surface area (Å²) >= 11 is 0. The lowest BCUT2D eigenvalue weighted by Gasteiger charge is -2.15. The van der Waals surface area contributed by atoms with Crippen molar-refractivity contribution in [1.29, 1.82) is 0 Å². The minimum Gasteiger partial charge on any atom is -0.488 e. The molecule has 6 heteroatoms. The highest BCUT2D eigenvalue weighted by Crippen LogP contribution is 2.38. The van der Waals surface area contributed by atoms with Crippen LogP contribution in [0.3, 0.4) is 0 Å². The summed E-state index contributed by atoms with van der Waals surface area (Å²) < 4.78 is 10.9. The summed E-state index contributed by atoms with van der Waals surface area (Å²) in [6.45, 7) is 0.654. The molecule has 2 aliphatic rings. The summed E-state index contributed by atoms with van der Waals surface area (Å²) in [6, 6.07) is 20.0. The van der Waals surface area contributed by atoms with Gasteiger partial charge in [-0.3, -0.25) is 14.5 Å². The average Bonchev–Trinajstić information content (AvgIpc) is 3.00. The van der Waals surface area contributed by atoms with E-state index in [1.165, 1.54) is 12.0 Å². The fraction of sp³-hybridized carbons (Fsp3) is 0.148. The highest BCUT2D eigenvalue weighted by molar-refractivity contribution is 6.21. The zero-order valence-electron chi connectivity index (χ0n) is 18.0. The van der Waals surface area contributed by atoms with Gasteiger partial charge in [0.25, 0.3) is 11.8 Å². The van der Waals surface area contributed by atoms with E-state index in [2.05, 4.69) is 0 Å². The zero-order valence-corrected chi connectivity index (χ0v) is 18.0. The molecule has 33 heavy (non-hydrogen) atoms. The van der Waals surface area contributed by atoms with Crippen LogP contribution in [-0.2, 0) is 11.3 Å². The molecule has 0 aromatic heterocycles. The normalized spacial score (nSPS) is 15.4. The molecule has 0 saturated carbocycles. The third-order valence-electron chi connectivity index (χ3n) is 5.96. The average molecular weight is 439 g/mol. The van der Waals surface area contributed by atoms with Gasteiger partial charge in [0.15, 0.2) is 0 Å². The first-order valence-corrected chi connectivity index (χ1v) is 10.7. The number of amides is 2. The topological polar surface area (TPSA) is 72.9 Å². The van der Waals surface area contributed by atoms with Crippen molar-refractivity contribution in [2.75, 3.05) is 13.7 Å². The summed E-state index contributed by atoms with van der Waals surface area (Å²) in [5, 5.41) is 0. The summed E-state index contributed by atoms with van der Waals surface area (Å²) in [4.78, 5) is 38.8. The lowest BCUT2D eigenvalue weighted by molar-refractivity contribution is 0.0598. The Morgan fingerprint density at radius 3 is 2.30 bits per heavy atom. The molecule has 3 aromatic rings. The minimum atomic E-state index is -0.430. The van der Waals surface area contributed by atoms with Crippen molar-refractivity contribution >= 4 is 23.4 Å². The monoisotopic (exact) mass is 439 g/mol. The standard InChI is InChI=1S/C27H21NO5/c1-32-27(31)17-12-13-24-23(15-17)20(19-8-3-2-7-18(19)16-33-24)11-6-14-28-25(29)21-9-4-5-10-22(21)26(28)30/h2-5,7-13,15H,6,14,16H2,1H3. The molecule has 0 aliphatic carbocycles. The van der Waals surface area contributed by atoms with Crippen molar-refractivity contribution in [2.24, 2.45) is 0 Å². The third-order valence-corrected chi connectivity index (χ3v) is 5.96. The molecular formula is C27H21NO5. The fourth-order valence-electron chi connectivity index (χ4n) is 4.32. The van der Waals surface area contributed by atoms with Crippen LogP contribution in [0, 0.1) is 0 Å². The van der Waals surface area contributed by atoms with Gasteiger partial charge in [-0.15, -0.1) is 0 Å². The summed E-state index contributed by atoms with van der Waals surface area (Å²) in [6.07, 6.45) is 2.45. The van der Waals surface area contributed by atoms with E-state index in [1.54, 1.807) is 42.5 Å². The molecule has 0 bridgehead atoms. The van der Waals surface area contributed by atoms with Gasteiger partial charge in [0.2, 0.25) is 0 Å². The van der Waals surface area contributed by atoms with Crippen molar-refractivity contribution < 1.29 is 23.9 Å². The Bertz CT molecular complexity index is 1290. The van der Waals surface area contributed by atoms with Crippen LogP contribution in [0.1, 0.15) is 54.2 Å². The van der Waals surface area contributed by atoms with Gasteiger partial charge in [-0.2, -0.15) is 0 Å². The molecule has 2 amide bonds. The van der Waals surface area contributed by atoms with Crippen LogP contribution in [-0.4, -0.2) is 36.3 Å². The molecule has 0 atom stereocenters. The second kappa shape index (κ2) is 8.39. The molecule has 0 N–H and O–H groups in total. The third kappa shape index (κ3) is 3.59. The van der Waals surface area contributed by atoms with Gasteiger partial charge in [0, 0.05) is 12.1 Å². The number of imide groups is 1. The van der Waals surface area contributed by atoms with Crippen molar-refractivity contribution in [3.63, 3.8) is 0 Å². The second-order valence-corrected chi connectivity index (χ2v) is 7.86. The first kappa shape index (κ1) is 20.7. The number of methoxy groups -OCH3 is 1. The number of hydrogen-bond acceptors (Lipinski definition) is 5. The number of esters is 1. The van der Waals surface area contributed by atoms with E-state index in [0.29, 0.717) is 35.5 Å². The number of rotatable bonds is 4. The SMILES string of the molecule is COC(=O)c1ccc2c(c1)C(=CCCN1C(=O)c3ccccc3C1=O)c1ccccc1CO2. The molecule has 0 saturated heterocycles. The molecule has 164 valence electrons. The van der Waals surface area contributed by atoms with E-state index in [-0.39, 0.29) is 18.4 Å².